The standard InChI is InChI=1S/C45H33N7/c1-45(2)37-26-16-15-25-35(37)36-28-27-34(29-38(36)45)52(43-48-39(30-17-7-3-8-18-30)46-40(49-43)31-19-9-4-10-20-31)44-50-41(32-21-11-5-12-22-32)47-42(51-44)33-23-13-6-14-24-33/h3-29H,1-2H3. The second kappa shape index (κ2) is 12.8. The summed E-state index contributed by atoms with van der Waals surface area (Å²) in [5.74, 6) is 2.97. The highest BCUT2D eigenvalue weighted by Gasteiger charge is 2.36. The van der Waals surface area contributed by atoms with Crippen molar-refractivity contribution in [3.8, 4) is 56.7 Å². The molecular weight excluding hydrogens is 639 g/mol. The van der Waals surface area contributed by atoms with E-state index in [1.54, 1.807) is 0 Å². The van der Waals surface area contributed by atoms with Gasteiger partial charge in [-0.05, 0) is 34.4 Å². The highest BCUT2D eigenvalue weighted by molar-refractivity contribution is 5.84. The fourth-order valence-electron chi connectivity index (χ4n) is 6.95. The first-order valence-electron chi connectivity index (χ1n) is 17.3. The lowest BCUT2D eigenvalue weighted by Gasteiger charge is -2.26. The van der Waals surface area contributed by atoms with Gasteiger partial charge in [0.2, 0.25) is 11.9 Å². The van der Waals surface area contributed by atoms with E-state index >= 15 is 0 Å². The maximum absolute atomic E-state index is 5.16. The van der Waals surface area contributed by atoms with Crippen LogP contribution in [0.4, 0.5) is 17.6 Å². The smallest absolute Gasteiger partial charge is 0.241 e. The number of hydrogen-bond donors (Lipinski definition) is 0. The summed E-state index contributed by atoms with van der Waals surface area (Å²) < 4.78 is 0. The first-order valence-corrected chi connectivity index (χ1v) is 17.3. The predicted molar refractivity (Wildman–Crippen MR) is 207 cm³/mol. The zero-order valence-electron chi connectivity index (χ0n) is 28.7. The van der Waals surface area contributed by atoms with Gasteiger partial charge in [0.1, 0.15) is 0 Å². The Balaban J connectivity index is 1.33. The minimum atomic E-state index is -0.236. The third-order valence-electron chi connectivity index (χ3n) is 9.60. The number of hydrogen-bond acceptors (Lipinski definition) is 7. The Morgan fingerprint density at radius 2 is 0.731 bits per heavy atom. The molecule has 0 atom stereocenters. The van der Waals surface area contributed by atoms with Crippen LogP contribution in [0.25, 0.3) is 56.7 Å². The normalized spacial score (nSPS) is 12.6. The Bertz CT molecular complexity index is 2300. The number of rotatable bonds is 7. The lowest BCUT2D eigenvalue weighted by molar-refractivity contribution is 0.660. The maximum atomic E-state index is 5.16. The molecule has 0 fully saturated rings. The molecule has 0 aliphatic heterocycles. The number of anilines is 3. The fourth-order valence-corrected chi connectivity index (χ4v) is 6.95. The van der Waals surface area contributed by atoms with Crippen molar-refractivity contribution in [2.75, 3.05) is 4.90 Å². The zero-order chi connectivity index (χ0) is 35.1. The molecule has 0 amide bonds. The molecule has 9 rings (SSSR count). The molecule has 7 heteroatoms. The van der Waals surface area contributed by atoms with E-state index < -0.39 is 0 Å². The largest absolute Gasteiger partial charge is 0.246 e. The summed E-state index contributed by atoms with van der Waals surface area (Å²) in [6, 6.07) is 55.1. The van der Waals surface area contributed by atoms with E-state index in [0.29, 0.717) is 35.2 Å². The second-order valence-corrected chi connectivity index (χ2v) is 13.3. The Morgan fingerprint density at radius 3 is 1.15 bits per heavy atom. The van der Waals surface area contributed by atoms with Gasteiger partial charge in [0.05, 0.1) is 5.69 Å². The Hall–Kier alpha value is -6.86. The van der Waals surface area contributed by atoms with Crippen molar-refractivity contribution in [3.05, 3.63) is 175 Å². The molecule has 0 saturated heterocycles. The lowest BCUT2D eigenvalue weighted by Crippen LogP contribution is -2.20. The van der Waals surface area contributed by atoms with Crippen LogP contribution in [0.1, 0.15) is 25.0 Å². The maximum Gasteiger partial charge on any atom is 0.241 e. The molecule has 0 N–H and O–H groups in total. The summed E-state index contributed by atoms with van der Waals surface area (Å²) in [7, 11) is 0. The van der Waals surface area contributed by atoms with Gasteiger partial charge in [-0.3, -0.25) is 0 Å². The zero-order valence-corrected chi connectivity index (χ0v) is 28.7. The van der Waals surface area contributed by atoms with Crippen LogP contribution < -0.4 is 4.90 Å². The minimum Gasteiger partial charge on any atom is -0.246 e. The summed E-state index contributed by atoms with van der Waals surface area (Å²) in [6.07, 6.45) is 0. The molecular formula is C45H33N7. The van der Waals surface area contributed by atoms with Gasteiger partial charge in [-0.2, -0.15) is 19.9 Å². The van der Waals surface area contributed by atoms with Gasteiger partial charge >= 0.3 is 0 Å². The van der Waals surface area contributed by atoms with Crippen LogP contribution in [0.5, 0.6) is 0 Å². The van der Waals surface area contributed by atoms with Gasteiger partial charge in [-0.25, -0.2) is 14.9 Å². The molecule has 2 heterocycles. The molecule has 1 aliphatic carbocycles. The van der Waals surface area contributed by atoms with E-state index in [0.717, 1.165) is 27.9 Å². The first-order chi connectivity index (χ1) is 25.5. The molecule has 6 aromatic carbocycles. The quantitative estimate of drug-likeness (QED) is 0.167. The second-order valence-electron chi connectivity index (χ2n) is 13.3. The van der Waals surface area contributed by atoms with Crippen molar-refractivity contribution in [1.82, 2.24) is 29.9 Å². The average molecular weight is 672 g/mol. The summed E-state index contributed by atoms with van der Waals surface area (Å²) in [5, 5.41) is 0. The van der Waals surface area contributed by atoms with E-state index in [9.17, 15) is 0 Å². The average Bonchev–Trinajstić information content (AvgIpc) is 3.44. The number of fused-ring (bicyclic) bond motifs is 3. The van der Waals surface area contributed by atoms with Crippen molar-refractivity contribution < 1.29 is 0 Å². The Morgan fingerprint density at radius 1 is 0.365 bits per heavy atom. The van der Waals surface area contributed by atoms with Crippen molar-refractivity contribution in [2.24, 2.45) is 0 Å². The number of benzene rings is 6. The van der Waals surface area contributed by atoms with Crippen LogP contribution in [-0.2, 0) is 5.41 Å². The molecule has 0 unspecified atom stereocenters. The van der Waals surface area contributed by atoms with Crippen molar-refractivity contribution in [1.29, 1.82) is 0 Å². The van der Waals surface area contributed by atoms with Crippen LogP contribution >= 0.6 is 0 Å². The minimum absolute atomic E-state index is 0.236. The molecule has 0 bridgehead atoms. The topological polar surface area (TPSA) is 80.6 Å². The van der Waals surface area contributed by atoms with E-state index in [4.69, 9.17) is 29.9 Å². The van der Waals surface area contributed by atoms with Gasteiger partial charge in [0, 0.05) is 27.7 Å². The van der Waals surface area contributed by atoms with Gasteiger partial charge in [0.25, 0.3) is 0 Å². The van der Waals surface area contributed by atoms with Crippen molar-refractivity contribution in [2.45, 2.75) is 19.3 Å². The van der Waals surface area contributed by atoms with Gasteiger partial charge < -0.3 is 0 Å². The van der Waals surface area contributed by atoms with Gasteiger partial charge in [0.15, 0.2) is 23.3 Å². The summed E-state index contributed by atoms with van der Waals surface area (Å²) in [5.41, 5.74) is 9.05. The number of nitrogens with zero attached hydrogens (tertiary/aromatic N) is 7. The summed E-state index contributed by atoms with van der Waals surface area (Å²) >= 11 is 0. The van der Waals surface area contributed by atoms with Crippen molar-refractivity contribution in [3.63, 3.8) is 0 Å². The first kappa shape index (κ1) is 31.1. The van der Waals surface area contributed by atoms with Crippen LogP contribution in [-0.4, -0.2) is 29.9 Å². The van der Waals surface area contributed by atoms with Gasteiger partial charge in [-0.15, -0.1) is 0 Å². The van der Waals surface area contributed by atoms with Crippen LogP contribution in [0.15, 0.2) is 164 Å². The molecule has 0 spiro atoms. The monoisotopic (exact) mass is 671 g/mol. The molecule has 7 nitrogen and oxygen atoms in total. The molecule has 8 aromatic rings. The molecule has 0 saturated carbocycles. The van der Waals surface area contributed by atoms with E-state index in [1.807, 2.05) is 126 Å². The predicted octanol–water partition coefficient (Wildman–Crippen LogP) is 10.5. The highest BCUT2D eigenvalue weighted by atomic mass is 15.4. The van der Waals surface area contributed by atoms with Crippen LogP contribution in [0.3, 0.4) is 0 Å². The molecule has 2 aromatic heterocycles. The van der Waals surface area contributed by atoms with Crippen molar-refractivity contribution >= 4 is 17.6 Å². The lowest BCUT2D eigenvalue weighted by atomic mass is 9.82. The third-order valence-corrected chi connectivity index (χ3v) is 9.60. The van der Waals surface area contributed by atoms with Crippen LogP contribution in [0.2, 0.25) is 0 Å². The van der Waals surface area contributed by atoms with E-state index in [2.05, 4.69) is 56.3 Å². The Labute approximate surface area is 302 Å². The SMILES string of the molecule is CC1(C)c2ccccc2-c2ccc(N(c3nc(-c4ccccc4)nc(-c4ccccc4)n3)c3nc(-c4ccccc4)nc(-c4ccccc4)n3)cc21. The fraction of sp³-hybridized carbons (Fsp3) is 0.0667. The molecule has 52 heavy (non-hydrogen) atoms. The van der Waals surface area contributed by atoms with Gasteiger partial charge in [-0.1, -0.05) is 166 Å². The van der Waals surface area contributed by atoms with E-state index in [1.165, 1.54) is 22.3 Å². The molecule has 248 valence electrons. The molecule has 1 aliphatic rings. The summed E-state index contributed by atoms with van der Waals surface area (Å²) in [4.78, 5) is 32.5. The van der Waals surface area contributed by atoms with Crippen LogP contribution in [0, 0.1) is 0 Å². The number of aromatic nitrogens is 6. The van der Waals surface area contributed by atoms with E-state index in [-0.39, 0.29) is 5.41 Å². The highest BCUT2D eigenvalue weighted by Crippen LogP contribution is 2.50. The summed E-state index contributed by atoms with van der Waals surface area (Å²) in [6.45, 7) is 4.55. The molecule has 0 radical (unpaired) electrons. The third kappa shape index (κ3) is 5.58. The Kier molecular flexibility index (Phi) is 7.66.